The van der Waals surface area contributed by atoms with Gasteiger partial charge in [-0.2, -0.15) is 26.3 Å². The molecule has 1 aromatic heterocycles. The number of hydrogen-bond acceptors (Lipinski definition) is 3. The zero-order valence-corrected chi connectivity index (χ0v) is 9.26. The van der Waals surface area contributed by atoms with Crippen LogP contribution in [0.25, 0.3) is 11.4 Å². The van der Waals surface area contributed by atoms with Crippen molar-refractivity contribution >= 4 is 0 Å². The summed E-state index contributed by atoms with van der Waals surface area (Å²) in [5.41, 5.74) is -3.59. The highest BCUT2D eigenvalue weighted by Crippen LogP contribution is 2.39. The van der Waals surface area contributed by atoms with E-state index in [9.17, 15) is 31.1 Å². The van der Waals surface area contributed by atoms with Gasteiger partial charge in [-0.05, 0) is 18.2 Å². The van der Waals surface area contributed by atoms with Crippen LogP contribution in [-0.4, -0.2) is 10.1 Å². The van der Waals surface area contributed by atoms with Crippen molar-refractivity contribution in [1.29, 1.82) is 0 Å². The Labute approximate surface area is 106 Å². The van der Waals surface area contributed by atoms with Gasteiger partial charge in [0.2, 0.25) is 0 Å². The highest BCUT2D eigenvalue weighted by atomic mass is 19.4. The number of nitrogens with zero attached hydrogens (tertiary/aromatic N) is 1. The highest BCUT2D eigenvalue weighted by molar-refractivity contribution is 5.62. The van der Waals surface area contributed by atoms with Crippen LogP contribution in [-0.2, 0) is 12.4 Å². The summed E-state index contributed by atoms with van der Waals surface area (Å²) in [6, 6.07) is 0.812. The Balaban J connectivity index is 2.70. The molecule has 1 N–H and O–H groups in total. The predicted octanol–water partition coefficient (Wildman–Crippen LogP) is 3.07. The second-order valence-electron chi connectivity index (χ2n) is 3.70. The van der Waals surface area contributed by atoms with Crippen LogP contribution in [0.1, 0.15) is 11.1 Å². The molecule has 0 saturated carbocycles. The minimum absolute atomic E-state index is 0.247. The number of H-pyrrole nitrogens is 1. The van der Waals surface area contributed by atoms with Crippen LogP contribution in [0, 0.1) is 0 Å². The molecule has 1 aromatic carbocycles. The van der Waals surface area contributed by atoms with Gasteiger partial charge < -0.3 is 0 Å². The number of alkyl halides is 6. The smallest absolute Gasteiger partial charge is 0.296 e. The predicted molar refractivity (Wildman–Crippen MR) is 52.6 cm³/mol. The van der Waals surface area contributed by atoms with Gasteiger partial charge in [0.15, 0.2) is 5.82 Å². The van der Waals surface area contributed by atoms with E-state index in [0.717, 1.165) is 0 Å². The minimum atomic E-state index is -4.91. The fraction of sp³-hybridized carbons (Fsp3) is 0.200. The largest absolute Gasteiger partial charge is 0.439 e. The monoisotopic (exact) mass is 298 g/mol. The van der Waals surface area contributed by atoms with Gasteiger partial charge in [0.1, 0.15) is 0 Å². The Hall–Kier alpha value is -2.26. The number of benzene rings is 1. The van der Waals surface area contributed by atoms with Gasteiger partial charge in [-0.3, -0.25) is 9.51 Å². The average molecular weight is 298 g/mol. The van der Waals surface area contributed by atoms with Gasteiger partial charge in [0, 0.05) is 5.56 Å². The molecule has 0 radical (unpaired) electrons. The summed E-state index contributed by atoms with van der Waals surface area (Å²) >= 11 is 0. The summed E-state index contributed by atoms with van der Waals surface area (Å²) in [5, 5.41) is 2.97. The molecule has 4 nitrogen and oxygen atoms in total. The number of rotatable bonds is 1. The van der Waals surface area contributed by atoms with Crippen LogP contribution >= 0.6 is 0 Å². The van der Waals surface area contributed by atoms with E-state index < -0.39 is 40.6 Å². The standard InChI is InChI=1S/C10H4F6N2O2/c11-9(12,13)4-1-2-6(10(14,15)16)5(3-4)7-17-8(19)20-18-7/h1-3H,(H,17,18,19). The van der Waals surface area contributed by atoms with Crippen molar-refractivity contribution in [2.45, 2.75) is 12.4 Å². The maximum absolute atomic E-state index is 12.7. The second kappa shape index (κ2) is 4.39. The molecule has 10 heteroatoms. The maximum Gasteiger partial charge on any atom is 0.439 e. The number of nitrogens with one attached hydrogen (secondary N) is 1. The summed E-state index contributed by atoms with van der Waals surface area (Å²) in [6.45, 7) is 0. The van der Waals surface area contributed by atoms with Gasteiger partial charge in [-0.15, -0.1) is 0 Å². The molecule has 0 spiro atoms. The minimum Gasteiger partial charge on any atom is -0.296 e. The van der Waals surface area contributed by atoms with E-state index in [-0.39, 0.29) is 12.1 Å². The van der Waals surface area contributed by atoms with Crippen molar-refractivity contribution in [3.63, 3.8) is 0 Å². The van der Waals surface area contributed by atoms with Crippen molar-refractivity contribution in [1.82, 2.24) is 10.1 Å². The average Bonchev–Trinajstić information content (AvgIpc) is 2.72. The quantitative estimate of drug-likeness (QED) is 0.823. The lowest BCUT2D eigenvalue weighted by atomic mass is 10.0. The molecule has 2 rings (SSSR count). The molecular weight excluding hydrogens is 294 g/mol. The molecule has 0 saturated heterocycles. The molecule has 0 unspecified atom stereocenters. The van der Waals surface area contributed by atoms with Crippen LogP contribution in [0.2, 0.25) is 0 Å². The molecular formula is C10H4F6N2O2. The molecule has 0 atom stereocenters. The first kappa shape index (κ1) is 14.2. The van der Waals surface area contributed by atoms with E-state index >= 15 is 0 Å². The number of hydrogen-bond donors (Lipinski definition) is 1. The van der Waals surface area contributed by atoms with Crippen LogP contribution in [0.15, 0.2) is 27.5 Å². The summed E-state index contributed by atoms with van der Waals surface area (Å²) in [5.74, 6) is -1.90. The first-order valence-electron chi connectivity index (χ1n) is 4.94. The Kier molecular flexibility index (Phi) is 3.11. The number of aromatic nitrogens is 2. The Bertz CT molecular complexity index is 682. The van der Waals surface area contributed by atoms with Crippen LogP contribution in [0.4, 0.5) is 26.3 Å². The molecule has 0 aliphatic heterocycles. The van der Waals surface area contributed by atoms with Crippen LogP contribution in [0.3, 0.4) is 0 Å². The van der Waals surface area contributed by atoms with Gasteiger partial charge in [-0.25, -0.2) is 4.79 Å². The summed E-state index contributed by atoms with van der Waals surface area (Å²) in [7, 11) is 0. The van der Waals surface area contributed by atoms with E-state index in [2.05, 4.69) is 9.68 Å². The maximum atomic E-state index is 12.7. The Morgan fingerprint density at radius 2 is 1.70 bits per heavy atom. The SMILES string of the molecule is O=c1[nH]c(-c2cc(C(F)(F)F)ccc2C(F)(F)F)no1. The van der Waals surface area contributed by atoms with Crippen LogP contribution < -0.4 is 5.76 Å². The molecule has 0 aliphatic carbocycles. The molecule has 0 amide bonds. The number of aromatic amines is 1. The van der Waals surface area contributed by atoms with E-state index in [1.165, 1.54) is 0 Å². The summed E-state index contributed by atoms with van der Waals surface area (Å²) < 4.78 is 79.8. The van der Waals surface area contributed by atoms with E-state index in [4.69, 9.17) is 0 Å². The molecule has 1 heterocycles. The highest BCUT2D eigenvalue weighted by Gasteiger charge is 2.38. The van der Waals surface area contributed by atoms with Crippen molar-refractivity contribution in [3.8, 4) is 11.4 Å². The van der Waals surface area contributed by atoms with E-state index in [1.54, 1.807) is 4.98 Å². The Morgan fingerprint density at radius 1 is 1.05 bits per heavy atom. The summed E-state index contributed by atoms with van der Waals surface area (Å²) in [4.78, 5) is 12.5. The second-order valence-corrected chi connectivity index (χ2v) is 3.70. The van der Waals surface area contributed by atoms with E-state index in [0.29, 0.717) is 6.07 Å². The fourth-order valence-corrected chi connectivity index (χ4v) is 1.51. The third kappa shape index (κ3) is 2.68. The first-order chi connectivity index (χ1) is 9.09. The van der Waals surface area contributed by atoms with E-state index in [1.807, 2.05) is 0 Å². The Morgan fingerprint density at radius 3 is 2.15 bits per heavy atom. The topological polar surface area (TPSA) is 58.9 Å². The first-order valence-corrected chi connectivity index (χ1v) is 4.94. The van der Waals surface area contributed by atoms with Gasteiger partial charge in [-0.1, -0.05) is 5.16 Å². The molecule has 2 aromatic rings. The zero-order valence-electron chi connectivity index (χ0n) is 9.26. The molecule has 0 bridgehead atoms. The third-order valence-corrected chi connectivity index (χ3v) is 2.35. The van der Waals surface area contributed by atoms with Gasteiger partial charge in [0.05, 0.1) is 11.1 Å². The lowest BCUT2D eigenvalue weighted by Gasteiger charge is -2.13. The normalized spacial score (nSPS) is 12.7. The third-order valence-electron chi connectivity index (χ3n) is 2.35. The van der Waals surface area contributed by atoms with Crippen LogP contribution in [0.5, 0.6) is 0 Å². The molecule has 0 aliphatic rings. The van der Waals surface area contributed by atoms with Gasteiger partial charge in [0.25, 0.3) is 0 Å². The van der Waals surface area contributed by atoms with Crippen molar-refractivity contribution in [3.05, 3.63) is 39.9 Å². The van der Waals surface area contributed by atoms with Crippen molar-refractivity contribution < 1.29 is 30.9 Å². The fourth-order valence-electron chi connectivity index (χ4n) is 1.51. The number of halogens is 6. The van der Waals surface area contributed by atoms with Crippen molar-refractivity contribution in [2.75, 3.05) is 0 Å². The molecule has 108 valence electrons. The summed E-state index contributed by atoms with van der Waals surface area (Å²) in [6.07, 6.45) is -9.74. The molecule has 20 heavy (non-hydrogen) atoms. The zero-order chi connectivity index (χ0) is 15.1. The lowest BCUT2D eigenvalue weighted by Crippen LogP contribution is -2.11. The van der Waals surface area contributed by atoms with Crippen molar-refractivity contribution in [2.24, 2.45) is 0 Å². The molecule has 0 fully saturated rings. The lowest BCUT2D eigenvalue weighted by molar-refractivity contribution is -0.141. The van der Waals surface area contributed by atoms with Gasteiger partial charge >= 0.3 is 18.1 Å².